The van der Waals surface area contributed by atoms with E-state index in [1.807, 2.05) is 13.8 Å². The molecular weight excluding hydrogens is 298 g/mol. The third-order valence-electron chi connectivity index (χ3n) is 5.55. The molecule has 0 saturated carbocycles. The van der Waals surface area contributed by atoms with Crippen molar-refractivity contribution < 1.29 is 24.2 Å². The Morgan fingerprint density at radius 1 is 1.04 bits per heavy atom. The first kappa shape index (κ1) is 16.5. The van der Waals surface area contributed by atoms with Crippen LogP contribution in [0.1, 0.15) is 39.5 Å². The van der Waals surface area contributed by atoms with E-state index in [2.05, 4.69) is 0 Å². The first-order chi connectivity index (χ1) is 10.9. The summed E-state index contributed by atoms with van der Waals surface area (Å²) in [5.41, 5.74) is 2.25. The number of likely N-dealkylation sites (tertiary alicyclic amines) is 1. The van der Waals surface area contributed by atoms with E-state index in [4.69, 9.17) is 9.47 Å². The summed E-state index contributed by atoms with van der Waals surface area (Å²) in [6, 6.07) is 0. The molecule has 1 spiro atoms. The molecule has 3 rings (SSSR count). The summed E-state index contributed by atoms with van der Waals surface area (Å²) in [5, 5.41) is 9.49. The highest BCUT2D eigenvalue weighted by Crippen LogP contribution is 2.37. The number of hydrogen-bond donors (Lipinski definition) is 1. The number of piperidine rings is 1. The first-order valence-electron chi connectivity index (χ1n) is 8.36. The van der Waals surface area contributed by atoms with Crippen molar-refractivity contribution in [2.24, 2.45) is 11.8 Å². The van der Waals surface area contributed by atoms with Crippen LogP contribution in [0.4, 0.5) is 0 Å². The lowest BCUT2D eigenvalue weighted by Crippen LogP contribution is -2.50. The minimum atomic E-state index is -0.869. The van der Waals surface area contributed by atoms with Gasteiger partial charge in [-0.3, -0.25) is 9.59 Å². The van der Waals surface area contributed by atoms with Gasteiger partial charge in [0, 0.05) is 25.9 Å². The van der Waals surface area contributed by atoms with Crippen molar-refractivity contribution in [1.29, 1.82) is 0 Å². The number of carbonyl (C=O) groups excluding carboxylic acids is 1. The summed E-state index contributed by atoms with van der Waals surface area (Å²) in [6.45, 7) is 6.33. The van der Waals surface area contributed by atoms with Gasteiger partial charge in [-0.25, -0.2) is 0 Å². The van der Waals surface area contributed by atoms with Crippen molar-refractivity contribution in [3.63, 3.8) is 0 Å². The number of aliphatic carboxylic acids is 1. The molecule has 2 saturated heterocycles. The lowest BCUT2D eigenvalue weighted by molar-refractivity contribution is -0.189. The fourth-order valence-electron chi connectivity index (χ4n) is 3.90. The smallest absolute Gasteiger partial charge is 0.307 e. The predicted octanol–water partition coefficient (Wildman–Crippen LogP) is 1.80. The molecule has 0 radical (unpaired) electrons. The fourth-order valence-corrected chi connectivity index (χ4v) is 3.90. The number of rotatable bonds is 2. The number of nitrogens with zero attached hydrogens (tertiary/aromatic N) is 1. The van der Waals surface area contributed by atoms with Crippen LogP contribution in [0.2, 0.25) is 0 Å². The summed E-state index contributed by atoms with van der Waals surface area (Å²) in [6.07, 6.45) is 2.35. The van der Waals surface area contributed by atoms with Crippen LogP contribution in [0.5, 0.6) is 0 Å². The summed E-state index contributed by atoms with van der Waals surface area (Å²) >= 11 is 0. The zero-order valence-electron chi connectivity index (χ0n) is 13.8. The second kappa shape index (κ2) is 6.24. The van der Waals surface area contributed by atoms with Crippen LogP contribution < -0.4 is 0 Å². The van der Waals surface area contributed by atoms with Crippen LogP contribution in [0.15, 0.2) is 11.1 Å². The summed E-state index contributed by atoms with van der Waals surface area (Å²) in [7, 11) is 0. The predicted molar refractivity (Wildman–Crippen MR) is 82.7 cm³/mol. The van der Waals surface area contributed by atoms with Crippen molar-refractivity contribution in [3.05, 3.63) is 11.1 Å². The Morgan fingerprint density at radius 2 is 1.57 bits per heavy atom. The number of carboxylic acid groups (broad SMARTS) is 1. The molecule has 1 N–H and O–H groups in total. The highest BCUT2D eigenvalue weighted by Gasteiger charge is 2.44. The highest BCUT2D eigenvalue weighted by atomic mass is 16.7. The Kier molecular flexibility index (Phi) is 4.47. The first-order valence-corrected chi connectivity index (χ1v) is 8.36. The number of carboxylic acids is 1. The maximum atomic E-state index is 12.9. The van der Waals surface area contributed by atoms with Crippen LogP contribution in [0.25, 0.3) is 0 Å². The lowest BCUT2D eigenvalue weighted by atomic mass is 9.75. The van der Waals surface area contributed by atoms with E-state index in [0.717, 1.165) is 11.1 Å². The zero-order chi connectivity index (χ0) is 16.6. The Balaban J connectivity index is 1.68. The minimum Gasteiger partial charge on any atom is -0.481 e. The molecular formula is C17H25NO5. The Bertz CT molecular complexity index is 525. The standard InChI is InChI=1S/C17H25NO5/c1-11-9-13(14(16(20)21)10-12(11)2)15(19)18-5-3-17(4-6-18)22-7-8-23-17/h13-14H,3-10H2,1-2H3,(H,20,21)/t13-,14-/m0/s1. The van der Waals surface area contributed by atoms with Crippen molar-refractivity contribution in [2.75, 3.05) is 26.3 Å². The van der Waals surface area contributed by atoms with Gasteiger partial charge in [-0.2, -0.15) is 0 Å². The lowest BCUT2D eigenvalue weighted by Gasteiger charge is -2.40. The monoisotopic (exact) mass is 323 g/mol. The van der Waals surface area contributed by atoms with E-state index in [1.54, 1.807) is 4.90 Å². The third kappa shape index (κ3) is 3.15. The van der Waals surface area contributed by atoms with Gasteiger partial charge in [0.1, 0.15) is 0 Å². The Hall–Kier alpha value is -1.40. The number of allylic oxidation sites excluding steroid dienone is 2. The van der Waals surface area contributed by atoms with Crippen LogP contribution in [0, 0.1) is 11.8 Å². The van der Waals surface area contributed by atoms with E-state index >= 15 is 0 Å². The molecule has 2 fully saturated rings. The average molecular weight is 323 g/mol. The average Bonchev–Trinajstić information content (AvgIpc) is 2.97. The van der Waals surface area contributed by atoms with Gasteiger partial charge in [-0.15, -0.1) is 0 Å². The molecule has 128 valence electrons. The second-order valence-corrected chi connectivity index (χ2v) is 6.95. The molecule has 0 unspecified atom stereocenters. The Morgan fingerprint density at radius 3 is 2.09 bits per heavy atom. The normalized spacial score (nSPS) is 30.8. The summed E-state index contributed by atoms with van der Waals surface area (Å²) < 4.78 is 11.4. The molecule has 0 aromatic carbocycles. The number of hydrogen-bond acceptors (Lipinski definition) is 4. The second-order valence-electron chi connectivity index (χ2n) is 6.95. The van der Waals surface area contributed by atoms with Crippen LogP contribution in [0.3, 0.4) is 0 Å². The SMILES string of the molecule is CC1=C(C)C[C@H](C(=O)N2CCC3(CC2)OCCO3)[C@@H](C(=O)O)C1. The maximum Gasteiger partial charge on any atom is 0.307 e. The molecule has 3 aliphatic rings. The van der Waals surface area contributed by atoms with Crippen LogP contribution in [-0.2, 0) is 19.1 Å². The van der Waals surface area contributed by atoms with Crippen molar-refractivity contribution in [1.82, 2.24) is 4.90 Å². The maximum absolute atomic E-state index is 12.9. The van der Waals surface area contributed by atoms with Gasteiger partial charge >= 0.3 is 5.97 Å². The minimum absolute atomic E-state index is 0.0305. The Labute approximate surface area is 136 Å². The van der Waals surface area contributed by atoms with Gasteiger partial charge in [0.2, 0.25) is 5.91 Å². The van der Waals surface area contributed by atoms with E-state index in [0.29, 0.717) is 52.0 Å². The summed E-state index contributed by atoms with van der Waals surface area (Å²) in [4.78, 5) is 26.3. The quantitative estimate of drug-likeness (QED) is 0.784. The van der Waals surface area contributed by atoms with Crippen LogP contribution in [-0.4, -0.2) is 54.0 Å². The molecule has 0 aromatic rings. The van der Waals surface area contributed by atoms with Gasteiger partial charge in [-0.1, -0.05) is 11.1 Å². The van der Waals surface area contributed by atoms with Gasteiger partial charge in [0.15, 0.2) is 5.79 Å². The fraction of sp³-hybridized carbons (Fsp3) is 0.765. The molecule has 2 heterocycles. The molecule has 1 amide bonds. The van der Waals surface area contributed by atoms with Crippen molar-refractivity contribution in [3.8, 4) is 0 Å². The van der Waals surface area contributed by atoms with Gasteiger partial charge in [0.05, 0.1) is 25.0 Å². The van der Waals surface area contributed by atoms with E-state index < -0.39 is 23.6 Å². The van der Waals surface area contributed by atoms with Crippen molar-refractivity contribution >= 4 is 11.9 Å². The van der Waals surface area contributed by atoms with Crippen molar-refractivity contribution in [2.45, 2.75) is 45.3 Å². The highest BCUT2D eigenvalue weighted by molar-refractivity contribution is 5.85. The number of carbonyl (C=O) groups is 2. The van der Waals surface area contributed by atoms with Gasteiger partial charge in [0.25, 0.3) is 0 Å². The number of ether oxygens (including phenoxy) is 2. The largest absolute Gasteiger partial charge is 0.481 e. The van der Waals surface area contributed by atoms with E-state index in [-0.39, 0.29) is 5.91 Å². The summed E-state index contributed by atoms with van der Waals surface area (Å²) in [5.74, 6) is -2.47. The zero-order valence-corrected chi connectivity index (χ0v) is 13.8. The third-order valence-corrected chi connectivity index (χ3v) is 5.55. The van der Waals surface area contributed by atoms with Crippen LogP contribution >= 0.6 is 0 Å². The molecule has 23 heavy (non-hydrogen) atoms. The molecule has 6 nitrogen and oxygen atoms in total. The van der Waals surface area contributed by atoms with E-state index in [1.165, 1.54) is 0 Å². The van der Waals surface area contributed by atoms with Gasteiger partial charge in [-0.05, 0) is 26.7 Å². The molecule has 2 atom stereocenters. The topological polar surface area (TPSA) is 76.1 Å². The molecule has 6 heteroatoms. The molecule has 0 bridgehead atoms. The number of amides is 1. The molecule has 2 aliphatic heterocycles. The molecule has 0 aromatic heterocycles. The van der Waals surface area contributed by atoms with E-state index in [9.17, 15) is 14.7 Å². The molecule has 1 aliphatic carbocycles. The van der Waals surface area contributed by atoms with Gasteiger partial charge < -0.3 is 19.5 Å².